The van der Waals surface area contributed by atoms with Crippen molar-refractivity contribution in [1.82, 2.24) is 0 Å². The van der Waals surface area contributed by atoms with Crippen molar-refractivity contribution in [1.29, 1.82) is 0 Å². The summed E-state index contributed by atoms with van der Waals surface area (Å²) in [5.74, 6) is -0.877. The number of carbonyl (C=O) groups excluding carboxylic acids is 2. The third-order valence-corrected chi connectivity index (χ3v) is 4.45. The van der Waals surface area contributed by atoms with Crippen LogP contribution in [0.4, 0.5) is 5.69 Å². The van der Waals surface area contributed by atoms with Crippen molar-refractivity contribution in [2.45, 2.75) is 17.9 Å². The first-order valence-electron chi connectivity index (χ1n) is 7.67. The predicted octanol–water partition coefficient (Wildman–Crippen LogP) is 1.94. The number of amides is 1. The fourth-order valence-electron chi connectivity index (χ4n) is 1.94. The Hall–Kier alpha value is -2.62. The van der Waals surface area contributed by atoms with Crippen LogP contribution < -0.4 is 15.2 Å². The van der Waals surface area contributed by atoms with E-state index in [-0.39, 0.29) is 4.90 Å². The molecule has 0 bridgehead atoms. The molecule has 2 aromatic carbocycles. The Kier molecular flexibility index (Phi) is 6.78. The van der Waals surface area contributed by atoms with Crippen molar-refractivity contribution in [3.63, 3.8) is 0 Å². The van der Waals surface area contributed by atoms with Gasteiger partial charge in [-0.15, -0.1) is 0 Å². The smallest absolute Gasteiger partial charge is 0.347 e. The van der Waals surface area contributed by atoms with Crippen LogP contribution in [-0.4, -0.2) is 33.0 Å². The Morgan fingerprint density at radius 3 is 2.26 bits per heavy atom. The topological polar surface area (TPSA) is 125 Å². The van der Waals surface area contributed by atoms with E-state index >= 15 is 0 Å². The Morgan fingerprint density at radius 2 is 1.70 bits per heavy atom. The highest BCUT2D eigenvalue weighted by Gasteiger charge is 2.18. The average molecular weight is 413 g/mol. The van der Waals surface area contributed by atoms with Gasteiger partial charge in [-0.1, -0.05) is 11.6 Å². The molecule has 27 heavy (non-hydrogen) atoms. The lowest BCUT2D eigenvalue weighted by molar-refractivity contribution is -0.153. The minimum Gasteiger partial charge on any atom is -0.479 e. The molecule has 1 atom stereocenters. The van der Waals surface area contributed by atoms with Crippen LogP contribution in [0.15, 0.2) is 53.4 Å². The number of halogens is 1. The van der Waals surface area contributed by atoms with E-state index in [9.17, 15) is 18.0 Å². The number of nitrogens with two attached hydrogens (primary N) is 1. The summed E-state index contributed by atoms with van der Waals surface area (Å²) in [7, 11) is -3.81. The number of hydrogen-bond acceptors (Lipinski definition) is 6. The molecular formula is C17H17ClN2O6S. The number of rotatable bonds is 7. The average Bonchev–Trinajstić information content (AvgIpc) is 2.61. The van der Waals surface area contributed by atoms with Crippen molar-refractivity contribution in [2.24, 2.45) is 5.14 Å². The van der Waals surface area contributed by atoms with Gasteiger partial charge in [0, 0.05) is 10.7 Å². The summed E-state index contributed by atoms with van der Waals surface area (Å²) in [6, 6.07) is 11.7. The molecule has 0 aliphatic carbocycles. The Bertz CT molecular complexity index is 913. The molecule has 0 radical (unpaired) electrons. The molecule has 8 nitrogen and oxygen atoms in total. The van der Waals surface area contributed by atoms with Gasteiger partial charge >= 0.3 is 5.97 Å². The molecule has 0 saturated carbocycles. The zero-order chi connectivity index (χ0) is 20.0. The van der Waals surface area contributed by atoms with Crippen LogP contribution in [-0.2, 0) is 24.3 Å². The molecule has 0 unspecified atom stereocenters. The summed E-state index contributed by atoms with van der Waals surface area (Å²) in [4.78, 5) is 23.6. The van der Waals surface area contributed by atoms with Gasteiger partial charge in [-0.2, -0.15) is 0 Å². The molecule has 0 saturated heterocycles. The van der Waals surface area contributed by atoms with Crippen molar-refractivity contribution in [2.75, 3.05) is 11.9 Å². The van der Waals surface area contributed by atoms with E-state index in [2.05, 4.69) is 5.32 Å². The van der Waals surface area contributed by atoms with Crippen LogP contribution in [0.3, 0.4) is 0 Å². The van der Waals surface area contributed by atoms with E-state index in [1.807, 2.05) is 0 Å². The SMILES string of the molecule is C[C@@H](Oc1ccc(Cl)cc1)C(=O)OCC(=O)Nc1ccc(S(N)(=O)=O)cc1. The molecule has 3 N–H and O–H groups in total. The van der Waals surface area contributed by atoms with E-state index in [0.717, 1.165) is 0 Å². The quantitative estimate of drug-likeness (QED) is 0.669. The molecule has 0 fully saturated rings. The van der Waals surface area contributed by atoms with Gasteiger partial charge in [0.2, 0.25) is 10.0 Å². The van der Waals surface area contributed by atoms with Crippen LogP contribution in [0.5, 0.6) is 5.75 Å². The number of esters is 1. The third kappa shape index (κ3) is 6.55. The lowest BCUT2D eigenvalue weighted by atomic mass is 10.3. The predicted molar refractivity (Wildman–Crippen MR) is 98.9 cm³/mol. The number of benzene rings is 2. The first-order chi connectivity index (χ1) is 12.6. The molecule has 0 aliphatic heterocycles. The summed E-state index contributed by atoms with van der Waals surface area (Å²) in [6.07, 6.45) is -0.923. The number of sulfonamides is 1. The number of carbonyl (C=O) groups is 2. The van der Waals surface area contributed by atoms with Crippen molar-refractivity contribution in [3.8, 4) is 5.75 Å². The Balaban J connectivity index is 1.82. The number of hydrogen-bond donors (Lipinski definition) is 2. The summed E-state index contributed by atoms with van der Waals surface area (Å²) < 4.78 is 32.6. The van der Waals surface area contributed by atoms with Crippen molar-refractivity contribution >= 4 is 39.2 Å². The zero-order valence-corrected chi connectivity index (χ0v) is 15.8. The maximum Gasteiger partial charge on any atom is 0.347 e. The maximum absolute atomic E-state index is 11.9. The fraction of sp³-hybridized carbons (Fsp3) is 0.176. The van der Waals surface area contributed by atoms with E-state index in [4.69, 9.17) is 26.2 Å². The first-order valence-corrected chi connectivity index (χ1v) is 9.59. The van der Waals surface area contributed by atoms with Crippen LogP contribution >= 0.6 is 11.6 Å². The highest BCUT2D eigenvalue weighted by Crippen LogP contribution is 2.17. The van der Waals surface area contributed by atoms with Crippen molar-refractivity contribution < 1.29 is 27.5 Å². The molecule has 0 aliphatic rings. The minimum absolute atomic E-state index is 0.0832. The number of anilines is 1. The van der Waals surface area contributed by atoms with E-state index < -0.39 is 34.6 Å². The zero-order valence-electron chi connectivity index (χ0n) is 14.2. The largest absolute Gasteiger partial charge is 0.479 e. The van der Waals surface area contributed by atoms with E-state index in [1.54, 1.807) is 24.3 Å². The summed E-state index contributed by atoms with van der Waals surface area (Å²) in [5, 5.41) is 7.99. The van der Waals surface area contributed by atoms with Gasteiger partial charge in [0.25, 0.3) is 5.91 Å². The number of ether oxygens (including phenoxy) is 2. The molecule has 0 aromatic heterocycles. The number of primary sulfonamides is 1. The molecule has 10 heteroatoms. The second-order valence-electron chi connectivity index (χ2n) is 5.44. The second kappa shape index (κ2) is 8.85. The van der Waals surface area contributed by atoms with Gasteiger partial charge < -0.3 is 14.8 Å². The maximum atomic E-state index is 11.9. The lowest BCUT2D eigenvalue weighted by Gasteiger charge is -2.14. The second-order valence-corrected chi connectivity index (χ2v) is 7.44. The Morgan fingerprint density at radius 1 is 1.11 bits per heavy atom. The molecule has 2 aromatic rings. The molecule has 144 valence electrons. The summed E-state index contributed by atoms with van der Waals surface area (Å²) >= 11 is 5.77. The summed E-state index contributed by atoms with van der Waals surface area (Å²) in [5.41, 5.74) is 0.328. The van der Waals surface area contributed by atoms with Crippen LogP contribution in [0, 0.1) is 0 Å². The molecule has 0 spiro atoms. The van der Waals surface area contributed by atoms with E-state index in [0.29, 0.717) is 16.5 Å². The van der Waals surface area contributed by atoms with Crippen LogP contribution in [0.1, 0.15) is 6.92 Å². The summed E-state index contributed by atoms with van der Waals surface area (Å²) in [6.45, 7) is 0.963. The van der Waals surface area contributed by atoms with Crippen molar-refractivity contribution in [3.05, 3.63) is 53.6 Å². The minimum atomic E-state index is -3.81. The number of nitrogens with one attached hydrogen (secondary N) is 1. The monoisotopic (exact) mass is 412 g/mol. The van der Waals surface area contributed by atoms with Gasteiger partial charge in [-0.25, -0.2) is 18.4 Å². The Labute approximate surface area is 161 Å². The molecule has 2 rings (SSSR count). The lowest BCUT2D eigenvalue weighted by Crippen LogP contribution is -2.29. The standard InChI is InChI=1S/C17H17ClN2O6S/c1-11(26-14-6-2-12(18)3-7-14)17(22)25-10-16(21)20-13-4-8-15(9-5-13)27(19,23)24/h2-9,11H,10H2,1H3,(H,20,21)(H2,19,23,24)/t11-/m1/s1. The van der Waals surface area contributed by atoms with Crippen LogP contribution in [0.25, 0.3) is 0 Å². The molecule has 1 amide bonds. The first kappa shape index (κ1) is 20.7. The van der Waals surface area contributed by atoms with E-state index in [1.165, 1.54) is 31.2 Å². The highest BCUT2D eigenvalue weighted by atomic mass is 35.5. The molecule has 0 heterocycles. The fourth-order valence-corrected chi connectivity index (χ4v) is 2.59. The molecular weight excluding hydrogens is 396 g/mol. The normalized spacial score (nSPS) is 12.1. The van der Waals surface area contributed by atoms with Gasteiger partial charge in [0.15, 0.2) is 12.7 Å². The third-order valence-electron chi connectivity index (χ3n) is 3.27. The van der Waals surface area contributed by atoms with Gasteiger partial charge in [-0.3, -0.25) is 4.79 Å². The van der Waals surface area contributed by atoms with Gasteiger partial charge in [-0.05, 0) is 55.5 Å². The van der Waals surface area contributed by atoms with Gasteiger partial charge in [0.05, 0.1) is 4.90 Å². The highest BCUT2D eigenvalue weighted by molar-refractivity contribution is 7.89. The van der Waals surface area contributed by atoms with Crippen LogP contribution in [0.2, 0.25) is 5.02 Å². The van der Waals surface area contributed by atoms with Gasteiger partial charge in [0.1, 0.15) is 5.75 Å².